The number of halogens is 1. The lowest BCUT2D eigenvalue weighted by Crippen LogP contribution is -2.29. The summed E-state index contributed by atoms with van der Waals surface area (Å²) in [5.74, 6) is 0.144. The molecule has 0 aromatic heterocycles. The summed E-state index contributed by atoms with van der Waals surface area (Å²) in [7, 11) is 0. The Hall–Kier alpha value is -2.40. The molecular formula is C20H24FNO3. The van der Waals surface area contributed by atoms with Crippen LogP contribution in [-0.2, 0) is 6.61 Å². The summed E-state index contributed by atoms with van der Waals surface area (Å²) >= 11 is 0. The molecule has 0 spiro atoms. The minimum absolute atomic E-state index is 0.177. The van der Waals surface area contributed by atoms with Crippen molar-refractivity contribution in [3.8, 4) is 5.75 Å². The Morgan fingerprint density at radius 2 is 1.84 bits per heavy atom. The predicted molar refractivity (Wildman–Crippen MR) is 95.0 cm³/mol. The molecule has 0 aliphatic carbocycles. The van der Waals surface area contributed by atoms with Crippen molar-refractivity contribution in [1.29, 1.82) is 0 Å². The van der Waals surface area contributed by atoms with Gasteiger partial charge in [0, 0.05) is 6.54 Å². The van der Waals surface area contributed by atoms with Crippen LogP contribution in [0.2, 0.25) is 0 Å². The number of hydrogen-bond donors (Lipinski definition) is 2. The molecule has 0 aliphatic rings. The maximum Gasteiger partial charge on any atom is 0.255 e. The Bertz CT molecular complexity index is 686. The van der Waals surface area contributed by atoms with Crippen molar-refractivity contribution in [3.05, 3.63) is 65.5 Å². The third kappa shape index (κ3) is 6.19. The van der Waals surface area contributed by atoms with Gasteiger partial charge in [0.2, 0.25) is 0 Å². The Morgan fingerprint density at radius 1 is 1.16 bits per heavy atom. The molecule has 0 unspecified atom stereocenters. The fourth-order valence-electron chi connectivity index (χ4n) is 2.55. The largest absolute Gasteiger partial charge is 0.488 e. The second-order valence-electron chi connectivity index (χ2n) is 6.31. The Morgan fingerprint density at radius 3 is 2.52 bits per heavy atom. The number of nitrogens with one attached hydrogen (secondary N) is 1. The Labute approximate surface area is 147 Å². The zero-order valence-corrected chi connectivity index (χ0v) is 14.5. The van der Waals surface area contributed by atoms with Crippen molar-refractivity contribution in [2.75, 3.05) is 6.54 Å². The third-order valence-electron chi connectivity index (χ3n) is 3.79. The SMILES string of the molecule is C[C@H](CNC(=O)c1ccccc1OCc1ccc(F)cc1)C[C@H](C)O. The van der Waals surface area contributed by atoms with Gasteiger partial charge in [-0.05, 0) is 49.1 Å². The van der Waals surface area contributed by atoms with Crippen molar-refractivity contribution < 1.29 is 19.0 Å². The van der Waals surface area contributed by atoms with Gasteiger partial charge in [0.1, 0.15) is 18.2 Å². The molecule has 2 aromatic carbocycles. The maximum absolute atomic E-state index is 12.9. The number of hydrogen-bond acceptors (Lipinski definition) is 3. The van der Waals surface area contributed by atoms with Gasteiger partial charge < -0.3 is 15.2 Å². The fourth-order valence-corrected chi connectivity index (χ4v) is 2.55. The van der Waals surface area contributed by atoms with Crippen molar-refractivity contribution >= 4 is 5.91 Å². The maximum atomic E-state index is 12.9. The molecule has 2 rings (SSSR count). The molecule has 0 saturated heterocycles. The van der Waals surface area contributed by atoms with Crippen LogP contribution in [0.4, 0.5) is 4.39 Å². The van der Waals surface area contributed by atoms with Crippen LogP contribution in [0.15, 0.2) is 48.5 Å². The average molecular weight is 345 g/mol. The molecule has 0 bridgehead atoms. The van der Waals surface area contributed by atoms with E-state index >= 15 is 0 Å². The number of para-hydroxylation sites is 1. The molecule has 0 radical (unpaired) electrons. The normalized spacial score (nSPS) is 13.1. The lowest BCUT2D eigenvalue weighted by atomic mass is 10.0. The van der Waals surface area contributed by atoms with Crippen LogP contribution in [0.25, 0.3) is 0 Å². The van der Waals surface area contributed by atoms with E-state index in [1.807, 2.05) is 6.92 Å². The molecule has 5 heteroatoms. The van der Waals surface area contributed by atoms with Crippen molar-refractivity contribution in [2.24, 2.45) is 5.92 Å². The first kappa shape index (κ1) is 18.9. The van der Waals surface area contributed by atoms with Crippen LogP contribution in [0, 0.1) is 11.7 Å². The van der Waals surface area contributed by atoms with Gasteiger partial charge in [-0.3, -0.25) is 4.79 Å². The molecule has 134 valence electrons. The van der Waals surface area contributed by atoms with E-state index in [2.05, 4.69) is 5.32 Å². The average Bonchev–Trinajstić information content (AvgIpc) is 2.59. The van der Waals surface area contributed by atoms with Crippen LogP contribution >= 0.6 is 0 Å². The molecule has 25 heavy (non-hydrogen) atoms. The zero-order valence-electron chi connectivity index (χ0n) is 14.5. The first-order valence-corrected chi connectivity index (χ1v) is 8.38. The minimum Gasteiger partial charge on any atom is -0.488 e. The van der Waals surface area contributed by atoms with Crippen molar-refractivity contribution in [3.63, 3.8) is 0 Å². The molecule has 0 heterocycles. The number of carbonyl (C=O) groups is 1. The highest BCUT2D eigenvalue weighted by Crippen LogP contribution is 2.19. The highest BCUT2D eigenvalue weighted by molar-refractivity contribution is 5.96. The second kappa shape index (κ2) is 9.18. The lowest BCUT2D eigenvalue weighted by molar-refractivity contribution is 0.0935. The molecule has 1 amide bonds. The molecule has 0 fully saturated rings. The van der Waals surface area contributed by atoms with Crippen LogP contribution in [0.3, 0.4) is 0 Å². The van der Waals surface area contributed by atoms with E-state index in [-0.39, 0.29) is 24.2 Å². The monoisotopic (exact) mass is 345 g/mol. The number of aliphatic hydroxyl groups excluding tert-OH is 1. The van der Waals surface area contributed by atoms with E-state index in [1.54, 1.807) is 43.3 Å². The summed E-state index contributed by atoms with van der Waals surface area (Å²) in [6.45, 7) is 4.44. The summed E-state index contributed by atoms with van der Waals surface area (Å²) < 4.78 is 18.7. The van der Waals surface area contributed by atoms with E-state index in [0.29, 0.717) is 24.3 Å². The number of ether oxygens (including phenoxy) is 1. The number of rotatable bonds is 8. The summed E-state index contributed by atoms with van der Waals surface area (Å²) in [6, 6.07) is 13.1. The molecule has 0 aliphatic heterocycles. The third-order valence-corrected chi connectivity index (χ3v) is 3.79. The Balaban J connectivity index is 1.96. The molecule has 2 N–H and O–H groups in total. The van der Waals surface area contributed by atoms with E-state index in [0.717, 1.165) is 5.56 Å². The van der Waals surface area contributed by atoms with Gasteiger partial charge in [-0.15, -0.1) is 0 Å². The van der Waals surface area contributed by atoms with Crippen molar-refractivity contribution in [2.45, 2.75) is 33.0 Å². The van der Waals surface area contributed by atoms with Crippen LogP contribution < -0.4 is 10.1 Å². The smallest absolute Gasteiger partial charge is 0.255 e. The van der Waals surface area contributed by atoms with E-state index in [1.165, 1.54) is 12.1 Å². The number of amides is 1. The number of carbonyl (C=O) groups excluding carboxylic acids is 1. The van der Waals surface area contributed by atoms with Gasteiger partial charge in [-0.25, -0.2) is 4.39 Å². The summed E-state index contributed by atoms with van der Waals surface area (Å²) in [6.07, 6.45) is 0.237. The fraction of sp³-hybridized carbons (Fsp3) is 0.350. The predicted octanol–water partition coefficient (Wildman–Crippen LogP) is 3.54. The van der Waals surface area contributed by atoms with Gasteiger partial charge in [0.25, 0.3) is 5.91 Å². The number of benzene rings is 2. The van der Waals surface area contributed by atoms with Gasteiger partial charge in [0.05, 0.1) is 11.7 Å². The summed E-state index contributed by atoms with van der Waals surface area (Å²) in [4.78, 5) is 12.4. The van der Waals surface area contributed by atoms with Gasteiger partial charge in [-0.2, -0.15) is 0 Å². The van der Waals surface area contributed by atoms with E-state index in [9.17, 15) is 14.3 Å². The first-order chi connectivity index (χ1) is 12.0. The van der Waals surface area contributed by atoms with Crippen LogP contribution in [0.1, 0.15) is 36.2 Å². The second-order valence-corrected chi connectivity index (χ2v) is 6.31. The summed E-state index contributed by atoms with van der Waals surface area (Å²) in [5.41, 5.74) is 1.27. The highest BCUT2D eigenvalue weighted by Gasteiger charge is 2.14. The Kier molecular flexibility index (Phi) is 6.95. The van der Waals surface area contributed by atoms with Gasteiger partial charge in [-0.1, -0.05) is 31.2 Å². The highest BCUT2D eigenvalue weighted by atomic mass is 19.1. The van der Waals surface area contributed by atoms with Crippen molar-refractivity contribution in [1.82, 2.24) is 5.32 Å². The molecule has 4 nitrogen and oxygen atoms in total. The quantitative estimate of drug-likeness (QED) is 0.769. The first-order valence-electron chi connectivity index (χ1n) is 8.38. The molecule has 0 saturated carbocycles. The standard InChI is InChI=1S/C20H24FNO3/c1-14(11-15(2)23)12-22-20(24)18-5-3-4-6-19(18)25-13-16-7-9-17(21)10-8-16/h3-10,14-15,23H,11-13H2,1-2H3,(H,22,24)/t14-,15-/m0/s1. The lowest BCUT2D eigenvalue weighted by Gasteiger charge is -2.15. The molecular weight excluding hydrogens is 321 g/mol. The molecule has 2 atom stereocenters. The number of aliphatic hydroxyl groups is 1. The zero-order chi connectivity index (χ0) is 18.2. The van der Waals surface area contributed by atoms with Gasteiger partial charge >= 0.3 is 0 Å². The molecule has 2 aromatic rings. The van der Waals surface area contributed by atoms with Crippen LogP contribution in [0.5, 0.6) is 5.75 Å². The summed E-state index contributed by atoms with van der Waals surface area (Å²) in [5, 5.41) is 12.3. The van der Waals surface area contributed by atoms with Crippen LogP contribution in [-0.4, -0.2) is 23.7 Å². The minimum atomic E-state index is -0.391. The topological polar surface area (TPSA) is 58.6 Å². The van der Waals surface area contributed by atoms with E-state index in [4.69, 9.17) is 4.74 Å². The van der Waals surface area contributed by atoms with Gasteiger partial charge in [0.15, 0.2) is 0 Å². The van der Waals surface area contributed by atoms with E-state index < -0.39 is 6.10 Å².